The van der Waals surface area contributed by atoms with Crippen LogP contribution in [0.5, 0.6) is 0 Å². The van der Waals surface area contributed by atoms with Crippen molar-refractivity contribution in [3.8, 4) is 22.3 Å². The summed E-state index contributed by atoms with van der Waals surface area (Å²) in [5.41, 5.74) is 29.5. The van der Waals surface area contributed by atoms with Crippen molar-refractivity contribution in [2.24, 2.45) is 0 Å². The van der Waals surface area contributed by atoms with Crippen LogP contribution in [0.15, 0.2) is 236 Å². The van der Waals surface area contributed by atoms with Gasteiger partial charge in [0.1, 0.15) is 0 Å². The minimum absolute atomic E-state index is 0.211. The van der Waals surface area contributed by atoms with Crippen LogP contribution < -0.4 is 9.80 Å². The normalized spacial score (nSPS) is 14.5. The summed E-state index contributed by atoms with van der Waals surface area (Å²) < 4.78 is 0. The summed E-state index contributed by atoms with van der Waals surface area (Å²) in [7, 11) is 2.25. The third-order valence-corrected chi connectivity index (χ3v) is 20.5. The van der Waals surface area contributed by atoms with E-state index in [1.807, 2.05) is 13.8 Å². The number of aryl methyl sites for hydroxylation is 4. The molecule has 90 heavy (non-hydrogen) atoms. The molecule has 2 heteroatoms. The van der Waals surface area contributed by atoms with Crippen molar-refractivity contribution in [2.75, 3.05) is 16.8 Å². The maximum Gasteiger partial charge on any atom is 0.0546 e. The van der Waals surface area contributed by atoms with Crippen LogP contribution in [-0.2, 0) is 10.8 Å². The molecule has 0 amide bonds. The monoisotopic (exact) mass is 1170 g/mol. The Kier molecular flexibility index (Phi) is 15.3. The minimum Gasteiger partial charge on any atom is -0.344 e. The maximum atomic E-state index is 4.34. The maximum absolute atomic E-state index is 4.34. The molecule has 0 unspecified atom stereocenters. The second-order valence-electron chi connectivity index (χ2n) is 26.3. The molecule has 0 aliphatic heterocycles. The highest BCUT2D eigenvalue weighted by Gasteiger charge is 2.38. The van der Waals surface area contributed by atoms with Crippen molar-refractivity contribution in [1.29, 1.82) is 0 Å². The van der Waals surface area contributed by atoms with Gasteiger partial charge in [0.2, 0.25) is 0 Å². The molecule has 3 aliphatic rings. The van der Waals surface area contributed by atoms with E-state index < -0.39 is 0 Å². The predicted molar refractivity (Wildman–Crippen MR) is 395 cm³/mol. The Balaban J connectivity index is 0.000000377. The molecule has 446 valence electrons. The zero-order valence-electron chi connectivity index (χ0n) is 55.3. The molecule has 0 N–H and O–H groups in total. The van der Waals surface area contributed by atoms with Gasteiger partial charge in [-0.1, -0.05) is 206 Å². The Hall–Kier alpha value is -9.50. The molecule has 0 heterocycles. The van der Waals surface area contributed by atoms with Crippen molar-refractivity contribution in [1.82, 2.24) is 0 Å². The van der Waals surface area contributed by atoms with Crippen LogP contribution in [0.3, 0.4) is 0 Å². The van der Waals surface area contributed by atoms with Gasteiger partial charge in [-0.2, -0.15) is 0 Å². The van der Waals surface area contributed by atoms with Gasteiger partial charge in [-0.15, -0.1) is 0 Å². The van der Waals surface area contributed by atoms with E-state index >= 15 is 0 Å². The summed E-state index contributed by atoms with van der Waals surface area (Å²) in [4.78, 5) is 4.98. The van der Waals surface area contributed by atoms with Crippen molar-refractivity contribution >= 4 is 93.4 Å². The van der Waals surface area contributed by atoms with Crippen LogP contribution in [0.25, 0.3) is 87.3 Å². The Bertz CT molecular complexity index is 4980. The fourth-order valence-electron chi connectivity index (χ4n) is 15.3. The van der Waals surface area contributed by atoms with E-state index in [4.69, 9.17) is 0 Å². The molecule has 0 atom stereocenters. The number of anilines is 5. The molecule has 0 radical (unpaired) electrons. The number of hydrogen-bond acceptors (Lipinski definition) is 2. The van der Waals surface area contributed by atoms with E-state index in [0.29, 0.717) is 0 Å². The van der Waals surface area contributed by atoms with Crippen LogP contribution in [0, 0.1) is 41.5 Å². The van der Waals surface area contributed by atoms with Crippen LogP contribution in [-0.4, -0.2) is 7.05 Å². The second-order valence-corrected chi connectivity index (χ2v) is 26.3. The zero-order chi connectivity index (χ0) is 63.1. The summed E-state index contributed by atoms with van der Waals surface area (Å²) in [6.45, 7) is 33.3. The average Bonchev–Trinajstić information content (AvgIpc) is 0.966. The van der Waals surface area contributed by atoms with Gasteiger partial charge >= 0.3 is 0 Å². The number of fused-ring (bicyclic) bond motifs is 5. The lowest BCUT2D eigenvalue weighted by molar-refractivity contribution is 0.651. The third-order valence-electron chi connectivity index (χ3n) is 20.5. The number of allylic oxidation sites excluding steroid dienone is 9. The van der Waals surface area contributed by atoms with Crippen LogP contribution >= 0.6 is 0 Å². The summed E-state index contributed by atoms with van der Waals surface area (Å²) >= 11 is 0. The highest BCUT2D eigenvalue weighted by atomic mass is 15.1. The van der Waals surface area contributed by atoms with E-state index in [9.17, 15) is 0 Å². The van der Waals surface area contributed by atoms with E-state index in [-0.39, 0.29) is 10.8 Å². The highest BCUT2D eigenvalue weighted by Crippen LogP contribution is 2.55. The molecule has 0 bridgehead atoms. The molecule has 0 aromatic heterocycles. The fourth-order valence-corrected chi connectivity index (χ4v) is 15.3. The Morgan fingerprint density at radius 1 is 0.456 bits per heavy atom. The second kappa shape index (κ2) is 23.1. The zero-order valence-corrected chi connectivity index (χ0v) is 55.3. The molecule has 0 fully saturated rings. The van der Waals surface area contributed by atoms with Gasteiger partial charge in [-0.25, -0.2) is 0 Å². The van der Waals surface area contributed by atoms with Gasteiger partial charge in [0.25, 0.3) is 0 Å². The van der Waals surface area contributed by atoms with Crippen LogP contribution in [0.4, 0.5) is 28.4 Å². The van der Waals surface area contributed by atoms with E-state index in [1.165, 1.54) is 173 Å². The largest absolute Gasteiger partial charge is 0.344 e. The summed E-state index contributed by atoms with van der Waals surface area (Å²) in [6.07, 6.45) is 13.5. The van der Waals surface area contributed by atoms with E-state index in [2.05, 4.69) is 318 Å². The van der Waals surface area contributed by atoms with Gasteiger partial charge in [0.05, 0.1) is 5.69 Å². The van der Waals surface area contributed by atoms with Gasteiger partial charge in [0, 0.05) is 62.2 Å². The van der Waals surface area contributed by atoms with E-state index in [0.717, 1.165) is 17.1 Å². The predicted octanol–water partition coefficient (Wildman–Crippen LogP) is 25.2. The van der Waals surface area contributed by atoms with Crippen molar-refractivity contribution in [3.63, 3.8) is 0 Å². The molecule has 2 nitrogen and oxygen atoms in total. The lowest BCUT2D eigenvalue weighted by Crippen LogP contribution is -2.18. The number of hydrogen-bond donors (Lipinski definition) is 0. The minimum atomic E-state index is -0.248. The first kappa shape index (κ1) is 59.5. The van der Waals surface area contributed by atoms with Gasteiger partial charge < -0.3 is 9.80 Å². The van der Waals surface area contributed by atoms with Gasteiger partial charge in [-0.3, -0.25) is 0 Å². The van der Waals surface area contributed by atoms with Crippen LogP contribution in [0.2, 0.25) is 0 Å². The van der Waals surface area contributed by atoms with Crippen molar-refractivity contribution in [2.45, 2.75) is 114 Å². The first-order valence-electron chi connectivity index (χ1n) is 32.6. The molecule has 15 rings (SSSR count). The standard InChI is InChI=1S/C71H62N2.C15H16.C2H6/c1-12-18-57-58-28-27-54(39-66(58)71(9,10)65(57)13-2)73(56-35-44(5)47(8)45(6)36-56)68-41-64(53-26-24-49-20-15-17-22-51(49)38-53)60-29-31-61-67(72(11)55-33-42(3)46(7)43(4)34-55)40-63(59-30-32-62(68)70(60)69(59)61)52-25-23-48-19-14-16-21-50(48)37-52;1-15(2)13-9-5-3-7-11(13)12-8-4-6-10-14(12)15;1-2/h12-41H,2H2,1,3-11H3;3,5-7,9-10H,4,8H2,1-2H3;1-2H3/b18-12-;;. The van der Waals surface area contributed by atoms with Crippen molar-refractivity contribution in [3.05, 3.63) is 292 Å². The summed E-state index contributed by atoms with van der Waals surface area (Å²) in [5, 5.41) is 12.4. The molecule has 0 saturated heterocycles. The van der Waals surface area contributed by atoms with Gasteiger partial charge in [0.15, 0.2) is 0 Å². The topological polar surface area (TPSA) is 6.48 Å². The number of rotatable bonds is 9. The SMILES string of the molecule is C=CC1=C(/C=C\C)c2ccc(N(c3cc(C)c(C)c(C)c3)c3cc(-c4ccc5ccccc5c4)c4ccc5c(N(C)c6cc(C)c(C)c(C)c6)cc(-c6ccc7ccccc7c6)c6ccc3c4c65)cc2C1(C)C.CC.CC1(C)C2=C(CCC=C2)c2ccccc21. The lowest BCUT2D eigenvalue weighted by atomic mass is 9.80. The molecule has 0 saturated carbocycles. The Morgan fingerprint density at radius 3 is 1.53 bits per heavy atom. The Labute approximate surface area is 534 Å². The molecular weight excluding hydrogens is 1080 g/mol. The fraction of sp³-hybridized carbons (Fsp3) is 0.205. The third kappa shape index (κ3) is 9.70. The first-order chi connectivity index (χ1) is 43.5. The first-order valence-corrected chi connectivity index (χ1v) is 32.6. The molecular formula is C88H84N2. The van der Waals surface area contributed by atoms with Crippen LogP contribution in [0.1, 0.15) is 117 Å². The van der Waals surface area contributed by atoms with Crippen molar-refractivity contribution < 1.29 is 0 Å². The Morgan fingerprint density at radius 2 is 0.967 bits per heavy atom. The smallest absolute Gasteiger partial charge is 0.0546 e. The lowest BCUT2D eigenvalue weighted by Gasteiger charge is -2.32. The quantitative estimate of drug-likeness (QED) is 0.133. The summed E-state index contributed by atoms with van der Waals surface area (Å²) in [6, 6.07) is 71.5. The summed E-state index contributed by atoms with van der Waals surface area (Å²) in [5.74, 6) is 0. The van der Waals surface area contributed by atoms with E-state index in [1.54, 1.807) is 5.57 Å². The molecule has 12 aromatic carbocycles. The van der Waals surface area contributed by atoms with Gasteiger partial charge in [-0.05, 0) is 254 Å². The molecule has 12 aromatic rings. The highest BCUT2D eigenvalue weighted by molar-refractivity contribution is 6.32. The number of benzene rings is 12. The number of nitrogens with zero attached hydrogens (tertiary/aromatic N) is 2. The average molecular weight is 1170 g/mol. The molecule has 0 spiro atoms. The molecule has 3 aliphatic carbocycles.